The summed E-state index contributed by atoms with van der Waals surface area (Å²) >= 11 is 0. The van der Waals surface area contributed by atoms with Gasteiger partial charge in [-0.05, 0) is 51.9 Å². The molecule has 0 aliphatic carbocycles. The van der Waals surface area contributed by atoms with Crippen LogP contribution in [0.3, 0.4) is 0 Å². The Hall–Kier alpha value is -1.63. The highest BCUT2D eigenvalue weighted by Gasteiger charge is 2.41. The summed E-state index contributed by atoms with van der Waals surface area (Å²) in [5, 5.41) is 11.0. The molecule has 2 aromatic rings. The van der Waals surface area contributed by atoms with Crippen LogP contribution in [0.15, 0.2) is 24.5 Å². The Morgan fingerprint density at radius 3 is 2.64 bits per heavy atom. The number of anilines is 1. The first-order valence-electron chi connectivity index (χ1n) is 8.14. The summed E-state index contributed by atoms with van der Waals surface area (Å²) in [6.07, 6.45) is 5.98. The molecule has 0 radical (unpaired) electrons. The second-order valence-electron chi connectivity index (χ2n) is 6.82. The minimum Gasteiger partial charge on any atom is -0.317 e. The third-order valence-corrected chi connectivity index (χ3v) is 4.94. The third kappa shape index (κ3) is 3.26. The molecule has 2 aromatic heterocycles. The molecule has 0 aromatic carbocycles. The summed E-state index contributed by atoms with van der Waals surface area (Å²) in [6.45, 7) is 5.94. The Labute approximate surface area is 159 Å². The quantitative estimate of drug-likeness (QED) is 0.835. The molecule has 0 spiro atoms. The second-order valence-corrected chi connectivity index (χ2v) is 6.82. The number of hydrogen-bond acceptors (Lipinski definition) is 4. The molecule has 8 heteroatoms. The number of hydrogen-bond donors (Lipinski definition) is 2. The van der Waals surface area contributed by atoms with Crippen molar-refractivity contribution in [2.24, 2.45) is 0 Å². The van der Waals surface area contributed by atoms with E-state index in [1.165, 1.54) is 0 Å². The van der Waals surface area contributed by atoms with Crippen LogP contribution in [-0.4, -0.2) is 33.8 Å². The number of aromatic nitrogens is 3. The minimum absolute atomic E-state index is 0. The van der Waals surface area contributed by atoms with E-state index in [2.05, 4.69) is 26.5 Å². The number of amides is 1. The molecule has 0 saturated carbocycles. The number of halogens is 2. The van der Waals surface area contributed by atoms with Gasteiger partial charge in [-0.15, -0.1) is 24.8 Å². The first-order valence-corrected chi connectivity index (χ1v) is 8.14. The lowest BCUT2D eigenvalue weighted by Gasteiger charge is -2.23. The van der Waals surface area contributed by atoms with E-state index in [0.717, 1.165) is 42.8 Å². The number of nitrogens with zero attached hydrogens (tertiary/aromatic N) is 3. The highest BCUT2D eigenvalue weighted by Crippen LogP contribution is 2.41. The Balaban J connectivity index is 0.00000113. The molecule has 4 heterocycles. The highest BCUT2D eigenvalue weighted by molar-refractivity contribution is 6.06. The van der Waals surface area contributed by atoms with Gasteiger partial charge in [-0.2, -0.15) is 5.10 Å². The third-order valence-electron chi connectivity index (χ3n) is 4.94. The lowest BCUT2D eigenvalue weighted by molar-refractivity contribution is -0.119. The van der Waals surface area contributed by atoms with Gasteiger partial charge in [-0.25, -0.2) is 4.98 Å². The zero-order valence-corrected chi connectivity index (χ0v) is 15.9. The maximum absolute atomic E-state index is 12.2. The van der Waals surface area contributed by atoms with Gasteiger partial charge in [0.1, 0.15) is 5.82 Å². The van der Waals surface area contributed by atoms with Crippen molar-refractivity contribution in [2.75, 3.05) is 18.4 Å². The van der Waals surface area contributed by atoms with Gasteiger partial charge in [-0.3, -0.25) is 9.48 Å². The van der Waals surface area contributed by atoms with E-state index in [4.69, 9.17) is 5.10 Å². The highest BCUT2D eigenvalue weighted by atomic mass is 35.5. The summed E-state index contributed by atoms with van der Waals surface area (Å²) in [7, 11) is 0. The van der Waals surface area contributed by atoms with Crippen LogP contribution in [0, 0.1) is 0 Å². The second kappa shape index (κ2) is 7.32. The SMILES string of the molecule is CC1(C)C(=O)Nc2nccc(-c3ccn(C4CCNCC4)n3)c21.Cl.Cl. The van der Waals surface area contributed by atoms with E-state index >= 15 is 0 Å². The molecule has 25 heavy (non-hydrogen) atoms. The van der Waals surface area contributed by atoms with Crippen LogP contribution < -0.4 is 10.6 Å². The molecule has 1 fully saturated rings. The van der Waals surface area contributed by atoms with Crippen molar-refractivity contribution in [3.63, 3.8) is 0 Å². The predicted molar refractivity (Wildman–Crippen MR) is 103 cm³/mol. The standard InChI is InChI=1S/C17H21N5O.2ClH/c1-17(2)14-12(5-9-19-15(14)20-16(17)23)13-6-10-22(21-13)11-3-7-18-8-4-11;;/h5-6,9-11,18H,3-4,7-8H2,1-2H3,(H,19,20,23);2*1H. The zero-order chi connectivity index (χ0) is 16.0. The van der Waals surface area contributed by atoms with Crippen LogP contribution >= 0.6 is 24.8 Å². The summed E-state index contributed by atoms with van der Waals surface area (Å²) in [4.78, 5) is 16.5. The lowest BCUT2D eigenvalue weighted by Crippen LogP contribution is -2.29. The van der Waals surface area contributed by atoms with E-state index in [-0.39, 0.29) is 30.7 Å². The fraction of sp³-hybridized carbons (Fsp3) is 0.471. The maximum Gasteiger partial charge on any atom is 0.235 e. The van der Waals surface area contributed by atoms with Crippen LogP contribution in [0.5, 0.6) is 0 Å². The molecule has 2 aliphatic rings. The van der Waals surface area contributed by atoms with Crippen molar-refractivity contribution < 1.29 is 4.79 Å². The first kappa shape index (κ1) is 19.7. The summed E-state index contributed by atoms with van der Waals surface area (Å²) < 4.78 is 2.07. The Bertz CT molecular complexity index is 768. The fourth-order valence-corrected chi connectivity index (χ4v) is 3.54. The molecular formula is C17H23Cl2N5O. The van der Waals surface area contributed by atoms with E-state index in [1.807, 2.05) is 26.0 Å². The zero-order valence-electron chi connectivity index (χ0n) is 14.3. The van der Waals surface area contributed by atoms with E-state index < -0.39 is 5.41 Å². The molecule has 6 nitrogen and oxygen atoms in total. The van der Waals surface area contributed by atoms with Gasteiger partial charge in [0, 0.05) is 23.5 Å². The van der Waals surface area contributed by atoms with E-state index in [0.29, 0.717) is 11.9 Å². The largest absolute Gasteiger partial charge is 0.317 e. The number of piperidine rings is 1. The minimum atomic E-state index is -0.586. The van der Waals surface area contributed by atoms with Crippen LogP contribution in [0.25, 0.3) is 11.3 Å². The molecule has 2 aliphatic heterocycles. The molecule has 4 rings (SSSR count). The molecule has 0 atom stereocenters. The Kier molecular flexibility index (Phi) is 5.76. The van der Waals surface area contributed by atoms with Crippen molar-refractivity contribution in [3.05, 3.63) is 30.1 Å². The van der Waals surface area contributed by atoms with Crippen molar-refractivity contribution in [2.45, 2.75) is 38.1 Å². The van der Waals surface area contributed by atoms with Crippen LogP contribution in [0.4, 0.5) is 5.82 Å². The van der Waals surface area contributed by atoms with E-state index in [9.17, 15) is 4.79 Å². The lowest BCUT2D eigenvalue weighted by atomic mass is 9.83. The Morgan fingerprint density at radius 1 is 1.20 bits per heavy atom. The average molecular weight is 384 g/mol. The first-order chi connectivity index (χ1) is 11.1. The number of nitrogens with one attached hydrogen (secondary N) is 2. The van der Waals surface area contributed by atoms with Crippen LogP contribution in [-0.2, 0) is 10.2 Å². The predicted octanol–water partition coefficient (Wildman–Crippen LogP) is 2.94. The number of carbonyl (C=O) groups is 1. The van der Waals surface area contributed by atoms with Crippen molar-refractivity contribution in [1.82, 2.24) is 20.1 Å². The van der Waals surface area contributed by atoms with Gasteiger partial charge in [0.05, 0.1) is 17.2 Å². The monoisotopic (exact) mass is 383 g/mol. The molecule has 1 amide bonds. The smallest absolute Gasteiger partial charge is 0.235 e. The molecule has 0 bridgehead atoms. The van der Waals surface area contributed by atoms with Gasteiger partial charge >= 0.3 is 0 Å². The number of rotatable bonds is 2. The van der Waals surface area contributed by atoms with Gasteiger partial charge < -0.3 is 10.6 Å². The van der Waals surface area contributed by atoms with Gasteiger partial charge in [0.25, 0.3) is 0 Å². The van der Waals surface area contributed by atoms with Gasteiger partial charge in [0.15, 0.2) is 0 Å². The summed E-state index contributed by atoms with van der Waals surface area (Å²) in [5.41, 5.74) is 2.26. The topological polar surface area (TPSA) is 71.8 Å². The number of fused-ring (bicyclic) bond motifs is 1. The van der Waals surface area contributed by atoms with Crippen LogP contribution in [0.1, 0.15) is 38.3 Å². The van der Waals surface area contributed by atoms with Crippen molar-refractivity contribution >= 4 is 36.5 Å². The fourth-order valence-electron chi connectivity index (χ4n) is 3.54. The van der Waals surface area contributed by atoms with Crippen molar-refractivity contribution in [1.29, 1.82) is 0 Å². The summed E-state index contributed by atoms with van der Waals surface area (Å²) in [6, 6.07) is 4.44. The molecule has 2 N–H and O–H groups in total. The van der Waals surface area contributed by atoms with Crippen molar-refractivity contribution in [3.8, 4) is 11.3 Å². The summed E-state index contributed by atoms with van der Waals surface area (Å²) in [5.74, 6) is 0.652. The Morgan fingerprint density at radius 2 is 1.92 bits per heavy atom. The average Bonchev–Trinajstić information content (AvgIpc) is 3.13. The van der Waals surface area contributed by atoms with E-state index in [1.54, 1.807) is 6.20 Å². The maximum atomic E-state index is 12.2. The van der Waals surface area contributed by atoms with Crippen LogP contribution in [0.2, 0.25) is 0 Å². The normalized spacial score (nSPS) is 18.7. The molecule has 136 valence electrons. The number of pyridine rings is 1. The van der Waals surface area contributed by atoms with Gasteiger partial charge in [-0.1, -0.05) is 0 Å². The number of carbonyl (C=O) groups excluding carboxylic acids is 1. The van der Waals surface area contributed by atoms with Gasteiger partial charge in [0.2, 0.25) is 5.91 Å². The molecule has 0 unspecified atom stereocenters. The molecular weight excluding hydrogens is 361 g/mol. The molecule has 1 saturated heterocycles.